The average Bonchev–Trinajstić information content (AvgIpc) is 2.38. The molecule has 6 atom stereocenters. The number of hydrogen-bond acceptors (Lipinski definition) is 3. The van der Waals surface area contributed by atoms with Crippen molar-refractivity contribution in [2.45, 2.75) is 57.2 Å². The lowest BCUT2D eigenvalue weighted by Crippen LogP contribution is -2.53. The van der Waals surface area contributed by atoms with E-state index in [0.717, 1.165) is 32.1 Å². The molecule has 3 aliphatic carbocycles. The Bertz CT molecular complexity index is 328. The van der Waals surface area contributed by atoms with E-state index in [1.807, 2.05) is 0 Å². The van der Waals surface area contributed by atoms with Crippen molar-refractivity contribution in [1.29, 1.82) is 0 Å². The van der Waals surface area contributed by atoms with Gasteiger partial charge in [0, 0.05) is 18.9 Å². The van der Waals surface area contributed by atoms with Crippen LogP contribution in [0.3, 0.4) is 0 Å². The largest absolute Gasteiger partial charge is 0.392 e. The van der Waals surface area contributed by atoms with Crippen LogP contribution in [0.4, 0.5) is 0 Å². The summed E-state index contributed by atoms with van der Waals surface area (Å²) >= 11 is 0. The van der Waals surface area contributed by atoms with Crippen LogP contribution in [0.25, 0.3) is 0 Å². The fourth-order valence-corrected chi connectivity index (χ4v) is 4.75. The predicted molar refractivity (Wildman–Crippen MR) is 68.1 cm³/mol. The van der Waals surface area contributed by atoms with E-state index in [0.29, 0.717) is 17.6 Å². The molecule has 0 bridgehead atoms. The van der Waals surface area contributed by atoms with E-state index in [4.69, 9.17) is 4.74 Å². The molecular formula is C15H24O3. The number of ketones is 1. The Morgan fingerprint density at radius 1 is 1.06 bits per heavy atom. The average molecular weight is 252 g/mol. The van der Waals surface area contributed by atoms with Gasteiger partial charge >= 0.3 is 0 Å². The third-order valence-electron chi connectivity index (χ3n) is 5.53. The number of aliphatic hydroxyl groups is 1. The summed E-state index contributed by atoms with van der Waals surface area (Å²) in [5.74, 6) is 1.25. The van der Waals surface area contributed by atoms with E-state index in [9.17, 15) is 9.90 Å². The van der Waals surface area contributed by atoms with Gasteiger partial charge in [-0.15, -0.1) is 0 Å². The molecule has 0 heterocycles. The zero-order chi connectivity index (χ0) is 12.7. The highest BCUT2D eigenvalue weighted by atomic mass is 16.5. The predicted octanol–water partition coefficient (Wildman–Crippen LogP) is 2.17. The minimum atomic E-state index is -0.392. The molecule has 102 valence electrons. The first-order valence-electron chi connectivity index (χ1n) is 7.47. The molecule has 0 aromatic rings. The lowest BCUT2D eigenvalue weighted by Gasteiger charge is -2.48. The van der Waals surface area contributed by atoms with Crippen LogP contribution in [-0.2, 0) is 9.53 Å². The molecule has 0 saturated heterocycles. The van der Waals surface area contributed by atoms with E-state index >= 15 is 0 Å². The number of fused-ring (bicyclic) bond motifs is 2. The van der Waals surface area contributed by atoms with E-state index < -0.39 is 6.10 Å². The molecular weight excluding hydrogens is 228 g/mol. The summed E-state index contributed by atoms with van der Waals surface area (Å²) in [6.07, 6.45) is 7.25. The fraction of sp³-hybridized carbons (Fsp3) is 0.933. The molecule has 0 amide bonds. The SMILES string of the molecule is COC1CCCC2CC3CCCC(O)C3C(=O)C21. The van der Waals surface area contributed by atoms with Crippen molar-refractivity contribution >= 4 is 5.78 Å². The van der Waals surface area contributed by atoms with Gasteiger partial charge in [-0.2, -0.15) is 0 Å². The van der Waals surface area contributed by atoms with Crippen molar-refractivity contribution in [3.8, 4) is 0 Å². The number of hydrogen-bond donors (Lipinski definition) is 1. The number of carbonyl (C=O) groups excluding carboxylic acids is 1. The van der Waals surface area contributed by atoms with Crippen LogP contribution >= 0.6 is 0 Å². The highest BCUT2D eigenvalue weighted by Gasteiger charge is 2.51. The summed E-state index contributed by atoms with van der Waals surface area (Å²) in [4.78, 5) is 12.7. The standard InChI is InChI=1S/C15H24O3/c1-18-12-7-3-5-10-8-9-4-2-6-11(16)13(9)15(17)14(10)12/h9-14,16H,2-8H2,1H3. The van der Waals surface area contributed by atoms with Gasteiger partial charge in [-0.1, -0.05) is 12.8 Å². The van der Waals surface area contributed by atoms with Crippen molar-refractivity contribution in [1.82, 2.24) is 0 Å². The van der Waals surface area contributed by atoms with E-state index in [2.05, 4.69) is 0 Å². The van der Waals surface area contributed by atoms with E-state index in [1.54, 1.807) is 7.11 Å². The first kappa shape index (κ1) is 12.6. The molecule has 0 aromatic heterocycles. The van der Waals surface area contributed by atoms with Gasteiger partial charge in [0.2, 0.25) is 0 Å². The lowest BCUT2D eigenvalue weighted by molar-refractivity contribution is -0.153. The van der Waals surface area contributed by atoms with Crippen molar-refractivity contribution in [2.75, 3.05) is 7.11 Å². The second-order valence-corrected chi connectivity index (χ2v) is 6.41. The number of carbonyl (C=O) groups is 1. The Kier molecular flexibility index (Phi) is 3.46. The third-order valence-corrected chi connectivity index (χ3v) is 5.53. The Balaban J connectivity index is 1.85. The van der Waals surface area contributed by atoms with Crippen molar-refractivity contribution in [3.05, 3.63) is 0 Å². The quantitative estimate of drug-likeness (QED) is 0.778. The molecule has 0 radical (unpaired) electrons. The summed E-state index contributed by atoms with van der Waals surface area (Å²) in [5, 5.41) is 10.2. The maximum absolute atomic E-state index is 12.7. The molecule has 3 heteroatoms. The van der Waals surface area contributed by atoms with Gasteiger partial charge in [0.15, 0.2) is 0 Å². The molecule has 18 heavy (non-hydrogen) atoms. The molecule has 3 fully saturated rings. The van der Waals surface area contributed by atoms with Crippen molar-refractivity contribution < 1.29 is 14.6 Å². The summed E-state index contributed by atoms with van der Waals surface area (Å²) in [6, 6.07) is 0. The number of ether oxygens (including phenoxy) is 1. The Morgan fingerprint density at radius 2 is 1.72 bits per heavy atom. The Labute approximate surface area is 109 Å². The first-order chi connectivity index (χ1) is 8.72. The molecule has 6 unspecified atom stereocenters. The highest BCUT2D eigenvalue weighted by molar-refractivity contribution is 5.86. The summed E-state index contributed by atoms with van der Waals surface area (Å²) in [6.45, 7) is 0. The van der Waals surface area contributed by atoms with Crippen molar-refractivity contribution in [2.24, 2.45) is 23.7 Å². The minimum Gasteiger partial charge on any atom is -0.392 e. The lowest BCUT2D eigenvalue weighted by atomic mass is 9.57. The number of rotatable bonds is 1. The smallest absolute Gasteiger partial charge is 0.144 e. The van der Waals surface area contributed by atoms with Crippen molar-refractivity contribution in [3.63, 3.8) is 0 Å². The zero-order valence-electron chi connectivity index (χ0n) is 11.2. The minimum absolute atomic E-state index is 0.0674. The summed E-state index contributed by atoms with van der Waals surface area (Å²) in [5.41, 5.74) is 0. The normalized spacial score (nSPS) is 48.4. The molecule has 0 aliphatic heterocycles. The van der Waals surface area contributed by atoms with Crippen LogP contribution < -0.4 is 0 Å². The molecule has 3 rings (SSSR count). The van der Waals surface area contributed by atoms with Gasteiger partial charge in [-0.05, 0) is 43.9 Å². The molecule has 1 N–H and O–H groups in total. The number of Topliss-reactive ketones (excluding diaryl/α,β-unsaturated/α-hetero) is 1. The van der Waals surface area contributed by atoms with Gasteiger partial charge in [0.05, 0.1) is 12.2 Å². The van der Waals surface area contributed by atoms with Gasteiger partial charge in [0.25, 0.3) is 0 Å². The van der Waals surface area contributed by atoms with Crippen LogP contribution in [0.2, 0.25) is 0 Å². The van der Waals surface area contributed by atoms with Gasteiger partial charge < -0.3 is 9.84 Å². The molecule has 3 saturated carbocycles. The number of aliphatic hydroxyl groups excluding tert-OH is 1. The summed E-state index contributed by atoms with van der Waals surface area (Å²) in [7, 11) is 1.73. The third kappa shape index (κ3) is 1.92. The highest BCUT2D eigenvalue weighted by Crippen LogP contribution is 2.48. The van der Waals surface area contributed by atoms with E-state index in [1.165, 1.54) is 12.8 Å². The summed E-state index contributed by atoms with van der Waals surface area (Å²) < 4.78 is 5.54. The monoisotopic (exact) mass is 252 g/mol. The molecule has 0 spiro atoms. The first-order valence-corrected chi connectivity index (χ1v) is 7.47. The van der Waals surface area contributed by atoms with Gasteiger partial charge in [-0.3, -0.25) is 4.79 Å². The molecule has 3 nitrogen and oxygen atoms in total. The van der Waals surface area contributed by atoms with E-state index in [-0.39, 0.29) is 17.9 Å². The molecule has 0 aromatic carbocycles. The van der Waals surface area contributed by atoms with Crippen LogP contribution in [0, 0.1) is 23.7 Å². The van der Waals surface area contributed by atoms with Crippen LogP contribution in [0.1, 0.15) is 44.9 Å². The zero-order valence-corrected chi connectivity index (χ0v) is 11.2. The Morgan fingerprint density at radius 3 is 2.44 bits per heavy atom. The van der Waals surface area contributed by atoms with Crippen LogP contribution in [0.15, 0.2) is 0 Å². The van der Waals surface area contributed by atoms with Gasteiger partial charge in [0.1, 0.15) is 5.78 Å². The maximum atomic E-state index is 12.7. The van der Waals surface area contributed by atoms with Crippen LogP contribution in [-0.4, -0.2) is 30.2 Å². The Hall–Kier alpha value is -0.410. The molecule has 3 aliphatic rings. The maximum Gasteiger partial charge on any atom is 0.144 e. The second kappa shape index (κ2) is 4.93. The number of methoxy groups -OCH3 is 1. The topological polar surface area (TPSA) is 46.5 Å². The van der Waals surface area contributed by atoms with Crippen LogP contribution in [0.5, 0.6) is 0 Å². The van der Waals surface area contributed by atoms with Gasteiger partial charge in [-0.25, -0.2) is 0 Å². The second-order valence-electron chi connectivity index (χ2n) is 6.41. The fourth-order valence-electron chi connectivity index (χ4n) is 4.75.